The van der Waals surface area contributed by atoms with Gasteiger partial charge in [0.2, 0.25) is 0 Å². The van der Waals surface area contributed by atoms with Crippen molar-refractivity contribution < 1.29 is 28.5 Å². The highest BCUT2D eigenvalue weighted by atomic mass is 16.5. The lowest BCUT2D eigenvalue weighted by Gasteiger charge is -2.20. The van der Waals surface area contributed by atoms with E-state index in [4.69, 9.17) is 18.9 Å². The van der Waals surface area contributed by atoms with Crippen molar-refractivity contribution in [2.75, 3.05) is 27.9 Å². The monoisotopic (exact) mass is 427 g/mol. The average molecular weight is 427 g/mol. The minimum Gasteiger partial charge on any atom is -0.496 e. The predicted octanol–water partition coefficient (Wildman–Crippen LogP) is 3.63. The summed E-state index contributed by atoms with van der Waals surface area (Å²) in [5.41, 5.74) is 3.95. The first-order valence-corrected chi connectivity index (χ1v) is 10.3. The summed E-state index contributed by atoms with van der Waals surface area (Å²) in [6.45, 7) is 1.52. The van der Waals surface area contributed by atoms with Gasteiger partial charge in [-0.25, -0.2) is 4.79 Å². The zero-order chi connectivity index (χ0) is 22.4. The van der Waals surface area contributed by atoms with Crippen LogP contribution in [0.25, 0.3) is 0 Å². The van der Waals surface area contributed by atoms with Crippen LogP contribution in [0.3, 0.4) is 0 Å². The lowest BCUT2D eigenvalue weighted by atomic mass is 9.89. The number of esters is 1. The third-order valence-corrected chi connectivity index (χ3v) is 5.51. The van der Waals surface area contributed by atoms with Crippen LogP contribution in [-0.4, -0.2) is 39.8 Å². The Labute approximate surface area is 182 Å². The molecule has 1 aliphatic carbocycles. The Hall–Kier alpha value is -3.22. The number of ether oxygens (including phenoxy) is 4. The molecule has 0 aromatic heterocycles. The summed E-state index contributed by atoms with van der Waals surface area (Å²) in [7, 11) is 4.39. The van der Waals surface area contributed by atoms with Crippen molar-refractivity contribution >= 4 is 11.9 Å². The molecule has 1 amide bonds. The van der Waals surface area contributed by atoms with E-state index in [1.807, 2.05) is 6.92 Å². The van der Waals surface area contributed by atoms with Crippen molar-refractivity contribution in [3.63, 3.8) is 0 Å². The first-order chi connectivity index (χ1) is 15.0. The molecule has 7 heteroatoms. The van der Waals surface area contributed by atoms with Crippen LogP contribution in [0.15, 0.2) is 30.3 Å². The van der Waals surface area contributed by atoms with E-state index in [1.54, 1.807) is 0 Å². The molecule has 0 bridgehead atoms. The zero-order valence-electron chi connectivity index (χ0n) is 18.4. The third kappa shape index (κ3) is 5.29. The number of rotatable bonds is 8. The second-order valence-corrected chi connectivity index (χ2v) is 7.51. The van der Waals surface area contributed by atoms with Crippen molar-refractivity contribution in [2.24, 2.45) is 0 Å². The van der Waals surface area contributed by atoms with Gasteiger partial charge in [0.15, 0.2) is 18.1 Å². The van der Waals surface area contributed by atoms with Crippen LogP contribution in [-0.2, 0) is 22.4 Å². The van der Waals surface area contributed by atoms with Crippen molar-refractivity contribution in [2.45, 2.75) is 38.6 Å². The number of benzene rings is 2. The maximum atomic E-state index is 12.5. The van der Waals surface area contributed by atoms with Gasteiger partial charge in [0.05, 0.1) is 27.4 Å². The number of carbonyl (C=O) groups is 2. The minimum atomic E-state index is -0.686. The lowest BCUT2D eigenvalue weighted by Crippen LogP contribution is -2.31. The predicted molar refractivity (Wildman–Crippen MR) is 116 cm³/mol. The summed E-state index contributed by atoms with van der Waals surface area (Å²) in [4.78, 5) is 24.9. The molecule has 1 N–H and O–H groups in total. The fraction of sp³-hybridized carbons (Fsp3) is 0.417. The lowest BCUT2D eigenvalue weighted by molar-refractivity contribution is -0.124. The van der Waals surface area contributed by atoms with E-state index >= 15 is 0 Å². The van der Waals surface area contributed by atoms with Gasteiger partial charge in [-0.3, -0.25) is 4.79 Å². The molecule has 166 valence electrons. The number of hydrogen-bond acceptors (Lipinski definition) is 6. The summed E-state index contributed by atoms with van der Waals surface area (Å²) in [6.07, 6.45) is 4.63. The molecule has 0 saturated carbocycles. The fourth-order valence-corrected chi connectivity index (χ4v) is 3.79. The zero-order valence-corrected chi connectivity index (χ0v) is 18.4. The maximum absolute atomic E-state index is 12.5. The van der Waals surface area contributed by atoms with Gasteiger partial charge in [-0.15, -0.1) is 0 Å². The van der Waals surface area contributed by atoms with Crippen molar-refractivity contribution in [3.8, 4) is 17.2 Å². The summed E-state index contributed by atoms with van der Waals surface area (Å²) >= 11 is 0. The van der Waals surface area contributed by atoms with E-state index in [2.05, 4.69) is 23.5 Å². The Morgan fingerprint density at radius 1 is 0.903 bits per heavy atom. The van der Waals surface area contributed by atoms with E-state index < -0.39 is 12.6 Å². The average Bonchev–Trinajstić information content (AvgIpc) is 2.81. The van der Waals surface area contributed by atoms with E-state index in [0.717, 1.165) is 18.4 Å². The Morgan fingerprint density at radius 2 is 1.55 bits per heavy atom. The smallest absolute Gasteiger partial charge is 0.342 e. The van der Waals surface area contributed by atoms with Gasteiger partial charge >= 0.3 is 5.97 Å². The van der Waals surface area contributed by atoms with Gasteiger partial charge in [-0.2, -0.15) is 0 Å². The first-order valence-electron chi connectivity index (χ1n) is 10.3. The molecule has 2 aromatic carbocycles. The first kappa shape index (κ1) is 22.5. The number of amides is 1. The highest BCUT2D eigenvalue weighted by Gasteiger charge is 2.21. The van der Waals surface area contributed by atoms with Crippen LogP contribution in [0.5, 0.6) is 17.2 Å². The highest BCUT2D eigenvalue weighted by molar-refractivity contribution is 5.95. The number of carbonyl (C=O) groups excluding carboxylic acids is 2. The van der Waals surface area contributed by atoms with Crippen LogP contribution in [0.2, 0.25) is 0 Å². The molecular formula is C24H29NO6. The topological polar surface area (TPSA) is 83.1 Å². The molecule has 1 aliphatic rings. The molecule has 2 aromatic rings. The Balaban J connectivity index is 1.61. The van der Waals surface area contributed by atoms with E-state index in [1.165, 1.54) is 57.4 Å². The molecule has 0 saturated heterocycles. The normalized spacial score (nSPS) is 13.5. The number of nitrogens with one attached hydrogen (secondary N) is 1. The van der Waals surface area contributed by atoms with E-state index in [0.29, 0.717) is 11.5 Å². The Kier molecular flexibility index (Phi) is 7.39. The number of fused-ring (bicyclic) bond motifs is 1. The summed E-state index contributed by atoms with van der Waals surface area (Å²) in [5.74, 6) is -0.00821. The third-order valence-electron chi connectivity index (χ3n) is 5.51. The van der Waals surface area contributed by atoms with Gasteiger partial charge in [-0.1, -0.05) is 18.2 Å². The van der Waals surface area contributed by atoms with Crippen LogP contribution < -0.4 is 19.5 Å². The summed E-state index contributed by atoms with van der Waals surface area (Å²) in [5, 5.41) is 2.89. The van der Waals surface area contributed by atoms with Crippen molar-refractivity contribution in [3.05, 3.63) is 52.6 Å². The van der Waals surface area contributed by atoms with Gasteiger partial charge in [0, 0.05) is 12.1 Å². The second kappa shape index (κ2) is 10.2. The molecule has 0 unspecified atom stereocenters. The standard InChI is InChI=1S/C24H29NO6/c1-15(17-10-9-16-7-5-6-8-18(16)11-17)25-23(26)14-31-24(27)19-12-21(29-3)22(30-4)13-20(19)28-2/h9-13,15H,5-8,14H2,1-4H3,(H,25,26)/t15-/m1/s1. The number of aryl methyl sites for hydroxylation is 2. The Morgan fingerprint density at radius 3 is 2.23 bits per heavy atom. The van der Waals surface area contributed by atoms with Gasteiger partial charge in [0.25, 0.3) is 5.91 Å². The van der Waals surface area contributed by atoms with Crippen LogP contribution in [0.4, 0.5) is 0 Å². The van der Waals surface area contributed by atoms with Crippen LogP contribution >= 0.6 is 0 Å². The maximum Gasteiger partial charge on any atom is 0.342 e. The summed E-state index contributed by atoms with van der Waals surface area (Å²) in [6, 6.07) is 9.18. The molecule has 0 aliphatic heterocycles. The highest BCUT2D eigenvalue weighted by Crippen LogP contribution is 2.35. The molecule has 0 spiro atoms. The fourth-order valence-electron chi connectivity index (χ4n) is 3.79. The van der Waals surface area contributed by atoms with Crippen molar-refractivity contribution in [1.82, 2.24) is 5.32 Å². The van der Waals surface area contributed by atoms with Crippen molar-refractivity contribution in [1.29, 1.82) is 0 Å². The largest absolute Gasteiger partial charge is 0.496 e. The molecule has 31 heavy (non-hydrogen) atoms. The van der Waals surface area contributed by atoms with Gasteiger partial charge < -0.3 is 24.3 Å². The molecule has 3 rings (SSSR count). The number of hydrogen-bond donors (Lipinski definition) is 1. The Bertz CT molecular complexity index is 955. The van der Waals surface area contributed by atoms with Gasteiger partial charge in [0.1, 0.15) is 11.3 Å². The molecule has 7 nitrogen and oxygen atoms in total. The van der Waals surface area contributed by atoms with Gasteiger partial charge in [-0.05, 0) is 49.3 Å². The van der Waals surface area contributed by atoms with Crippen LogP contribution in [0.1, 0.15) is 52.9 Å². The van der Waals surface area contributed by atoms with Crippen LogP contribution in [0, 0.1) is 0 Å². The quantitative estimate of drug-likeness (QED) is 0.648. The SMILES string of the molecule is COc1cc(OC)c(C(=O)OCC(=O)N[C@H](C)c2ccc3c(c2)CCCC3)cc1OC. The summed E-state index contributed by atoms with van der Waals surface area (Å²) < 4.78 is 20.9. The van der Waals surface area contributed by atoms with E-state index in [-0.39, 0.29) is 23.3 Å². The molecular weight excluding hydrogens is 398 g/mol. The molecule has 0 heterocycles. The number of methoxy groups -OCH3 is 3. The minimum absolute atomic E-state index is 0.149. The van der Waals surface area contributed by atoms with E-state index in [9.17, 15) is 9.59 Å². The molecule has 0 radical (unpaired) electrons. The second-order valence-electron chi connectivity index (χ2n) is 7.51. The molecule has 0 fully saturated rings. The molecule has 1 atom stereocenters.